The van der Waals surface area contributed by atoms with E-state index < -0.39 is 12.0 Å². The van der Waals surface area contributed by atoms with Crippen molar-refractivity contribution in [2.45, 2.75) is 25.9 Å². The third-order valence-electron chi connectivity index (χ3n) is 3.47. The van der Waals surface area contributed by atoms with E-state index in [9.17, 15) is 15.0 Å². The van der Waals surface area contributed by atoms with Gasteiger partial charge in [0.15, 0.2) is 0 Å². The number of carbonyl (C=O) groups is 1. The molecule has 0 spiro atoms. The molecule has 0 amide bonds. The molecule has 4 nitrogen and oxygen atoms in total. The molecule has 2 aromatic rings. The predicted octanol–water partition coefficient (Wildman–Crippen LogP) is 2.49. The lowest BCUT2D eigenvalue weighted by atomic mass is 10.0. The standard InChI is InChI=1S/C17H19NO3/c1-12-4-2-3-5-14(12)11-18-16(17(20)21)10-13-6-8-15(19)9-7-13/h2-9,16,18-19H,10-11H2,1H3,(H,20,21). The second kappa shape index (κ2) is 6.90. The van der Waals surface area contributed by atoms with E-state index in [1.165, 1.54) is 0 Å². The molecule has 1 atom stereocenters. The van der Waals surface area contributed by atoms with E-state index in [4.69, 9.17) is 0 Å². The molecule has 0 aromatic heterocycles. The van der Waals surface area contributed by atoms with Crippen LogP contribution in [-0.4, -0.2) is 22.2 Å². The number of aryl methyl sites for hydroxylation is 1. The minimum atomic E-state index is -0.878. The van der Waals surface area contributed by atoms with Crippen molar-refractivity contribution in [3.63, 3.8) is 0 Å². The first-order valence-corrected chi connectivity index (χ1v) is 6.85. The Bertz CT molecular complexity index is 608. The minimum absolute atomic E-state index is 0.179. The van der Waals surface area contributed by atoms with Crippen molar-refractivity contribution >= 4 is 5.97 Å². The fourth-order valence-electron chi connectivity index (χ4n) is 2.16. The highest BCUT2D eigenvalue weighted by Gasteiger charge is 2.17. The van der Waals surface area contributed by atoms with E-state index in [2.05, 4.69) is 5.32 Å². The normalized spacial score (nSPS) is 12.0. The van der Waals surface area contributed by atoms with Gasteiger partial charge in [-0.25, -0.2) is 0 Å². The molecule has 110 valence electrons. The summed E-state index contributed by atoms with van der Waals surface area (Å²) in [7, 11) is 0. The van der Waals surface area contributed by atoms with Crippen LogP contribution in [0.5, 0.6) is 5.75 Å². The second-order valence-electron chi connectivity index (χ2n) is 5.07. The lowest BCUT2D eigenvalue weighted by Gasteiger charge is -2.15. The molecule has 3 N–H and O–H groups in total. The second-order valence-corrected chi connectivity index (χ2v) is 5.07. The molecule has 4 heteroatoms. The fourth-order valence-corrected chi connectivity index (χ4v) is 2.16. The molecule has 0 aliphatic carbocycles. The Balaban J connectivity index is 2.01. The number of benzene rings is 2. The number of aromatic hydroxyl groups is 1. The van der Waals surface area contributed by atoms with Crippen LogP contribution in [0.15, 0.2) is 48.5 Å². The first-order valence-electron chi connectivity index (χ1n) is 6.85. The summed E-state index contributed by atoms with van der Waals surface area (Å²) in [6.07, 6.45) is 0.376. The van der Waals surface area contributed by atoms with Crippen LogP contribution < -0.4 is 5.32 Å². The van der Waals surface area contributed by atoms with Crippen molar-refractivity contribution in [2.75, 3.05) is 0 Å². The van der Waals surface area contributed by atoms with Crippen molar-refractivity contribution in [1.29, 1.82) is 0 Å². The summed E-state index contributed by atoms with van der Waals surface area (Å²) in [5.74, 6) is -0.699. The molecule has 2 aromatic carbocycles. The van der Waals surface area contributed by atoms with E-state index >= 15 is 0 Å². The maximum Gasteiger partial charge on any atom is 0.321 e. The van der Waals surface area contributed by atoms with Gasteiger partial charge in [-0.1, -0.05) is 36.4 Å². The average Bonchev–Trinajstić information content (AvgIpc) is 2.46. The quantitative estimate of drug-likeness (QED) is 0.762. The molecule has 21 heavy (non-hydrogen) atoms. The Morgan fingerprint density at radius 2 is 1.81 bits per heavy atom. The van der Waals surface area contributed by atoms with Gasteiger partial charge in [0.05, 0.1) is 0 Å². The van der Waals surface area contributed by atoms with Crippen LogP contribution in [0, 0.1) is 6.92 Å². The van der Waals surface area contributed by atoms with Gasteiger partial charge in [-0.3, -0.25) is 4.79 Å². The van der Waals surface area contributed by atoms with E-state index in [1.807, 2.05) is 31.2 Å². The number of hydrogen-bond donors (Lipinski definition) is 3. The molecule has 0 aliphatic rings. The van der Waals surface area contributed by atoms with Gasteiger partial charge in [0, 0.05) is 6.54 Å². The Morgan fingerprint density at radius 1 is 1.14 bits per heavy atom. The summed E-state index contributed by atoms with van der Waals surface area (Å²) in [6, 6.07) is 13.8. The number of hydrogen-bond acceptors (Lipinski definition) is 3. The summed E-state index contributed by atoms with van der Waals surface area (Å²) in [5.41, 5.74) is 3.10. The van der Waals surface area contributed by atoms with E-state index in [1.54, 1.807) is 24.3 Å². The summed E-state index contributed by atoms with van der Waals surface area (Å²) in [4.78, 5) is 11.4. The van der Waals surface area contributed by atoms with Gasteiger partial charge >= 0.3 is 5.97 Å². The minimum Gasteiger partial charge on any atom is -0.508 e. The monoisotopic (exact) mass is 285 g/mol. The third kappa shape index (κ3) is 4.33. The van der Waals surface area contributed by atoms with Gasteiger partial charge in [-0.15, -0.1) is 0 Å². The molecule has 0 radical (unpaired) electrons. The zero-order chi connectivity index (χ0) is 15.2. The SMILES string of the molecule is Cc1ccccc1CNC(Cc1ccc(O)cc1)C(=O)O. The van der Waals surface area contributed by atoms with Crippen LogP contribution in [0.1, 0.15) is 16.7 Å². The van der Waals surface area contributed by atoms with Crippen molar-refractivity contribution in [2.24, 2.45) is 0 Å². The highest BCUT2D eigenvalue weighted by atomic mass is 16.4. The van der Waals surface area contributed by atoms with Crippen LogP contribution in [-0.2, 0) is 17.8 Å². The van der Waals surface area contributed by atoms with Gasteiger partial charge in [-0.05, 0) is 42.2 Å². The number of phenolic OH excluding ortho intramolecular Hbond substituents is 1. The summed E-state index contributed by atoms with van der Waals surface area (Å²) < 4.78 is 0. The molecular weight excluding hydrogens is 266 g/mol. The zero-order valence-electron chi connectivity index (χ0n) is 11.9. The van der Waals surface area contributed by atoms with Crippen molar-refractivity contribution in [1.82, 2.24) is 5.32 Å². The lowest BCUT2D eigenvalue weighted by Crippen LogP contribution is -2.38. The lowest BCUT2D eigenvalue weighted by molar-refractivity contribution is -0.139. The van der Waals surface area contributed by atoms with Crippen molar-refractivity contribution < 1.29 is 15.0 Å². The smallest absolute Gasteiger partial charge is 0.321 e. The molecule has 0 fully saturated rings. The van der Waals surface area contributed by atoms with Crippen LogP contribution in [0.4, 0.5) is 0 Å². The topological polar surface area (TPSA) is 69.6 Å². The predicted molar refractivity (Wildman–Crippen MR) is 81.3 cm³/mol. The number of aliphatic carboxylic acids is 1. The van der Waals surface area contributed by atoms with Gasteiger partial charge in [0.1, 0.15) is 11.8 Å². The molecule has 0 saturated carbocycles. The highest BCUT2D eigenvalue weighted by molar-refractivity contribution is 5.73. The molecular formula is C17H19NO3. The van der Waals surface area contributed by atoms with Gasteiger partial charge in [0.2, 0.25) is 0 Å². The average molecular weight is 285 g/mol. The maximum atomic E-state index is 11.4. The van der Waals surface area contributed by atoms with Crippen LogP contribution >= 0.6 is 0 Å². The Kier molecular flexibility index (Phi) is 4.95. The Hall–Kier alpha value is -2.33. The van der Waals surface area contributed by atoms with E-state index in [0.717, 1.165) is 16.7 Å². The fraction of sp³-hybridized carbons (Fsp3) is 0.235. The van der Waals surface area contributed by atoms with Crippen LogP contribution in [0.2, 0.25) is 0 Å². The number of phenols is 1. The molecule has 0 heterocycles. The molecule has 0 bridgehead atoms. The Morgan fingerprint density at radius 3 is 2.43 bits per heavy atom. The molecule has 0 aliphatic heterocycles. The summed E-state index contributed by atoms with van der Waals surface area (Å²) >= 11 is 0. The number of carboxylic acid groups (broad SMARTS) is 1. The number of nitrogens with one attached hydrogen (secondary N) is 1. The Labute approximate surface area is 124 Å². The van der Waals surface area contributed by atoms with Crippen molar-refractivity contribution in [3.8, 4) is 5.75 Å². The summed E-state index contributed by atoms with van der Waals surface area (Å²) in [6.45, 7) is 2.52. The highest BCUT2D eigenvalue weighted by Crippen LogP contribution is 2.12. The molecule has 1 unspecified atom stereocenters. The maximum absolute atomic E-state index is 11.4. The van der Waals surface area contributed by atoms with E-state index in [0.29, 0.717) is 13.0 Å². The molecule has 0 saturated heterocycles. The molecule has 2 rings (SSSR count). The van der Waals surface area contributed by atoms with Gasteiger partial charge < -0.3 is 15.5 Å². The van der Waals surface area contributed by atoms with Gasteiger partial charge in [0.25, 0.3) is 0 Å². The largest absolute Gasteiger partial charge is 0.508 e. The first kappa shape index (κ1) is 15.1. The number of carboxylic acids is 1. The number of rotatable bonds is 6. The third-order valence-corrected chi connectivity index (χ3v) is 3.47. The first-order chi connectivity index (χ1) is 10.1. The van der Waals surface area contributed by atoms with Gasteiger partial charge in [-0.2, -0.15) is 0 Å². The summed E-state index contributed by atoms with van der Waals surface area (Å²) in [5, 5.41) is 21.7. The van der Waals surface area contributed by atoms with Crippen LogP contribution in [0.25, 0.3) is 0 Å². The van der Waals surface area contributed by atoms with Crippen LogP contribution in [0.3, 0.4) is 0 Å². The van der Waals surface area contributed by atoms with E-state index in [-0.39, 0.29) is 5.75 Å². The zero-order valence-corrected chi connectivity index (χ0v) is 11.9. The van der Waals surface area contributed by atoms with Crippen molar-refractivity contribution in [3.05, 3.63) is 65.2 Å².